The largest absolute Gasteiger partial charge is 0.489 e. The van der Waals surface area contributed by atoms with Crippen molar-refractivity contribution in [2.24, 2.45) is 5.92 Å². The minimum atomic E-state index is 0.440. The lowest BCUT2D eigenvalue weighted by molar-refractivity contribution is 0.312. The van der Waals surface area contributed by atoms with E-state index in [4.69, 9.17) is 39.5 Å². The molecule has 2 nitrogen and oxygen atoms in total. The SMILES string of the molecule is CC(C)CCNCCOc1c(Cl)cc(Cl)cc1Cl. The summed E-state index contributed by atoms with van der Waals surface area (Å²) in [5, 5.41) is 4.69. The molecule has 1 rings (SSSR count). The molecule has 0 radical (unpaired) electrons. The van der Waals surface area contributed by atoms with Crippen LogP contribution in [0.1, 0.15) is 20.3 Å². The van der Waals surface area contributed by atoms with Crippen LogP contribution in [0.2, 0.25) is 15.1 Å². The second-order valence-corrected chi connectivity index (χ2v) is 5.73. The first kappa shape index (κ1) is 15.9. The molecule has 1 N–H and O–H groups in total. The number of ether oxygens (including phenoxy) is 1. The molecule has 5 heteroatoms. The molecular weight excluding hydrogens is 293 g/mol. The van der Waals surface area contributed by atoms with Gasteiger partial charge in [-0.3, -0.25) is 0 Å². The van der Waals surface area contributed by atoms with E-state index < -0.39 is 0 Å². The van der Waals surface area contributed by atoms with Crippen LogP contribution >= 0.6 is 34.8 Å². The highest BCUT2D eigenvalue weighted by molar-refractivity contribution is 6.40. The highest BCUT2D eigenvalue weighted by Gasteiger charge is 2.08. The minimum Gasteiger partial charge on any atom is -0.489 e. The molecule has 0 spiro atoms. The van der Waals surface area contributed by atoms with Crippen molar-refractivity contribution in [1.29, 1.82) is 0 Å². The van der Waals surface area contributed by atoms with E-state index >= 15 is 0 Å². The van der Waals surface area contributed by atoms with Gasteiger partial charge in [-0.1, -0.05) is 48.7 Å². The van der Waals surface area contributed by atoms with Crippen LogP contribution < -0.4 is 10.1 Å². The summed E-state index contributed by atoms with van der Waals surface area (Å²) in [6.45, 7) is 6.68. The molecule has 0 aliphatic heterocycles. The van der Waals surface area contributed by atoms with Gasteiger partial charge in [0, 0.05) is 11.6 Å². The number of nitrogens with one attached hydrogen (secondary N) is 1. The van der Waals surface area contributed by atoms with Crippen molar-refractivity contribution in [3.8, 4) is 5.75 Å². The first-order valence-corrected chi connectivity index (χ1v) is 7.12. The van der Waals surface area contributed by atoms with E-state index in [1.54, 1.807) is 12.1 Å². The summed E-state index contributed by atoms with van der Waals surface area (Å²) in [6, 6.07) is 3.24. The molecule has 0 unspecified atom stereocenters. The van der Waals surface area contributed by atoms with E-state index in [1.807, 2.05) is 0 Å². The molecule has 0 fully saturated rings. The highest BCUT2D eigenvalue weighted by atomic mass is 35.5. The maximum atomic E-state index is 6.00. The Kier molecular flexibility index (Phi) is 7.16. The summed E-state index contributed by atoms with van der Waals surface area (Å²) in [6.07, 6.45) is 1.16. The van der Waals surface area contributed by atoms with Gasteiger partial charge in [0.1, 0.15) is 6.61 Å². The molecule has 0 amide bonds. The number of hydrogen-bond donors (Lipinski definition) is 1. The number of benzene rings is 1. The minimum absolute atomic E-state index is 0.440. The molecule has 1 aromatic carbocycles. The van der Waals surface area contributed by atoms with Gasteiger partial charge < -0.3 is 10.1 Å². The molecule has 0 saturated heterocycles. The highest BCUT2D eigenvalue weighted by Crippen LogP contribution is 2.35. The van der Waals surface area contributed by atoms with E-state index in [1.165, 1.54) is 0 Å². The van der Waals surface area contributed by atoms with Gasteiger partial charge in [-0.25, -0.2) is 0 Å². The Morgan fingerprint density at radius 1 is 1.11 bits per heavy atom. The molecule has 0 aliphatic rings. The summed E-state index contributed by atoms with van der Waals surface area (Å²) in [7, 11) is 0. The summed E-state index contributed by atoms with van der Waals surface area (Å²) >= 11 is 17.8. The average Bonchev–Trinajstić information content (AvgIpc) is 2.25. The molecule has 1 aromatic rings. The summed E-state index contributed by atoms with van der Waals surface area (Å²) in [5.41, 5.74) is 0. The maximum absolute atomic E-state index is 6.00. The van der Waals surface area contributed by atoms with Gasteiger partial charge in [0.15, 0.2) is 5.75 Å². The predicted octanol–water partition coefficient (Wildman–Crippen LogP) is 4.66. The quantitative estimate of drug-likeness (QED) is 0.739. The first-order chi connectivity index (χ1) is 8.50. The van der Waals surface area contributed by atoms with Gasteiger partial charge in [-0.2, -0.15) is 0 Å². The van der Waals surface area contributed by atoms with Crippen LogP contribution in [0, 0.1) is 5.92 Å². The Balaban J connectivity index is 2.31. The molecule has 102 valence electrons. The summed E-state index contributed by atoms with van der Waals surface area (Å²) in [5.74, 6) is 1.20. The van der Waals surface area contributed by atoms with Crippen molar-refractivity contribution in [3.63, 3.8) is 0 Å². The van der Waals surface area contributed by atoms with Gasteiger partial charge in [-0.05, 0) is 31.0 Å². The van der Waals surface area contributed by atoms with E-state index in [0.29, 0.717) is 33.3 Å². The zero-order valence-corrected chi connectivity index (χ0v) is 12.9. The summed E-state index contributed by atoms with van der Waals surface area (Å²) in [4.78, 5) is 0. The van der Waals surface area contributed by atoms with Crippen LogP contribution in [0.15, 0.2) is 12.1 Å². The van der Waals surface area contributed by atoms with Gasteiger partial charge in [-0.15, -0.1) is 0 Å². The smallest absolute Gasteiger partial charge is 0.156 e. The predicted molar refractivity (Wildman–Crippen MR) is 79.3 cm³/mol. The molecule has 0 bridgehead atoms. The van der Waals surface area contributed by atoms with Crippen molar-refractivity contribution in [3.05, 3.63) is 27.2 Å². The van der Waals surface area contributed by atoms with Crippen molar-refractivity contribution < 1.29 is 4.74 Å². The van der Waals surface area contributed by atoms with Crippen molar-refractivity contribution >= 4 is 34.8 Å². The van der Waals surface area contributed by atoms with Gasteiger partial charge in [0.05, 0.1) is 10.0 Å². The number of rotatable bonds is 7. The van der Waals surface area contributed by atoms with Crippen LogP contribution in [-0.4, -0.2) is 19.7 Å². The van der Waals surface area contributed by atoms with Crippen LogP contribution in [-0.2, 0) is 0 Å². The average molecular weight is 311 g/mol. The third-order valence-corrected chi connectivity index (χ3v) is 3.17. The third kappa shape index (κ3) is 5.66. The Hall–Kier alpha value is -0.150. The fraction of sp³-hybridized carbons (Fsp3) is 0.538. The molecule has 0 heterocycles. The lowest BCUT2D eigenvalue weighted by atomic mass is 10.1. The van der Waals surface area contributed by atoms with E-state index in [9.17, 15) is 0 Å². The second kappa shape index (κ2) is 8.11. The molecule has 0 saturated carbocycles. The Labute approximate surface area is 124 Å². The normalized spacial score (nSPS) is 11.0. The van der Waals surface area contributed by atoms with Crippen LogP contribution in [0.4, 0.5) is 0 Å². The van der Waals surface area contributed by atoms with Crippen molar-refractivity contribution in [2.45, 2.75) is 20.3 Å². The van der Waals surface area contributed by atoms with Gasteiger partial charge in [0.2, 0.25) is 0 Å². The maximum Gasteiger partial charge on any atom is 0.156 e. The zero-order chi connectivity index (χ0) is 13.5. The standard InChI is InChI=1S/C13H18Cl3NO/c1-9(2)3-4-17-5-6-18-13-11(15)7-10(14)8-12(13)16/h7-9,17H,3-6H2,1-2H3. The van der Waals surface area contributed by atoms with Crippen molar-refractivity contribution in [2.75, 3.05) is 19.7 Å². The monoisotopic (exact) mass is 309 g/mol. The van der Waals surface area contributed by atoms with Crippen LogP contribution in [0.3, 0.4) is 0 Å². The number of hydrogen-bond acceptors (Lipinski definition) is 2. The topological polar surface area (TPSA) is 21.3 Å². The lowest BCUT2D eigenvalue weighted by Crippen LogP contribution is -2.23. The Morgan fingerprint density at radius 3 is 2.28 bits per heavy atom. The molecule has 0 aromatic heterocycles. The molecular formula is C13H18Cl3NO. The Bertz CT molecular complexity index is 359. The fourth-order valence-electron chi connectivity index (χ4n) is 1.41. The van der Waals surface area contributed by atoms with Crippen LogP contribution in [0.25, 0.3) is 0 Å². The second-order valence-electron chi connectivity index (χ2n) is 4.48. The lowest BCUT2D eigenvalue weighted by Gasteiger charge is -2.11. The third-order valence-electron chi connectivity index (χ3n) is 2.39. The molecule has 0 aliphatic carbocycles. The number of halogens is 3. The van der Waals surface area contributed by atoms with Crippen LogP contribution in [0.5, 0.6) is 5.75 Å². The fourth-order valence-corrected chi connectivity index (χ4v) is 2.33. The zero-order valence-electron chi connectivity index (χ0n) is 10.6. The first-order valence-electron chi connectivity index (χ1n) is 5.98. The van der Waals surface area contributed by atoms with E-state index in [-0.39, 0.29) is 0 Å². The van der Waals surface area contributed by atoms with Gasteiger partial charge >= 0.3 is 0 Å². The van der Waals surface area contributed by atoms with E-state index in [2.05, 4.69) is 19.2 Å². The van der Waals surface area contributed by atoms with E-state index in [0.717, 1.165) is 19.5 Å². The summed E-state index contributed by atoms with van der Waals surface area (Å²) < 4.78 is 5.54. The Morgan fingerprint density at radius 2 is 1.72 bits per heavy atom. The van der Waals surface area contributed by atoms with Crippen molar-refractivity contribution in [1.82, 2.24) is 5.32 Å². The molecule has 18 heavy (non-hydrogen) atoms. The molecule has 0 atom stereocenters. The van der Waals surface area contributed by atoms with Gasteiger partial charge in [0.25, 0.3) is 0 Å².